The number of rotatable bonds is 6. The number of hydrogen-bond donors (Lipinski definition) is 1. The number of para-hydroxylation sites is 1. The first kappa shape index (κ1) is 17.4. The molecule has 0 bridgehead atoms. The van der Waals surface area contributed by atoms with Crippen LogP contribution in [0.5, 0.6) is 5.75 Å². The summed E-state index contributed by atoms with van der Waals surface area (Å²) in [5.41, 5.74) is 3.88. The minimum absolute atomic E-state index is 0.0668. The van der Waals surface area contributed by atoms with Crippen molar-refractivity contribution in [1.29, 1.82) is 0 Å². The Bertz CT molecular complexity index is 698. The van der Waals surface area contributed by atoms with Crippen LogP contribution in [0, 0.1) is 6.92 Å². The van der Waals surface area contributed by atoms with Gasteiger partial charge in [0, 0.05) is 12.0 Å². The molecule has 1 N–H and O–H groups in total. The van der Waals surface area contributed by atoms with Gasteiger partial charge in [0.2, 0.25) is 5.91 Å². The number of anilines is 1. The highest BCUT2D eigenvalue weighted by Gasteiger charge is 2.11. The third kappa shape index (κ3) is 4.49. The first-order valence-corrected chi connectivity index (χ1v) is 8.22. The maximum atomic E-state index is 11.7. The average Bonchev–Trinajstić information content (AvgIpc) is 2.56. The zero-order chi connectivity index (χ0) is 16.8. The number of aryl methyl sites for hydroxylation is 2. The smallest absolute Gasteiger partial charge is 0.224 e. The lowest BCUT2D eigenvalue weighted by Gasteiger charge is -2.15. The van der Waals surface area contributed by atoms with Crippen molar-refractivity contribution >= 4 is 23.2 Å². The first-order valence-electron chi connectivity index (χ1n) is 7.84. The SMILES string of the molecule is CCC(=O)Nc1c(Cl)cccc1COc1ccc(CC)cc1C. The number of halogens is 1. The highest BCUT2D eigenvalue weighted by molar-refractivity contribution is 6.33. The van der Waals surface area contributed by atoms with Crippen LogP contribution in [0.3, 0.4) is 0 Å². The minimum Gasteiger partial charge on any atom is -0.489 e. The van der Waals surface area contributed by atoms with Gasteiger partial charge in [0.25, 0.3) is 0 Å². The fourth-order valence-electron chi connectivity index (χ4n) is 2.31. The summed E-state index contributed by atoms with van der Waals surface area (Å²) in [4.78, 5) is 11.7. The van der Waals surface area contributed by atoms with E-state index in [9.17, 15) is 4.79 Å². The van der Waals surface area contributed by atoms with Gasteiger partial charge in [-0.15, -0.1) is 0 Å². The summed E-state index contributed by atoms with van der Waals surface area (Å²) >= 11 is 6.21. The van der Waals surface area contributed by atoms with Gasteiger partial charge in [0.05, 0.1) is 10.7 Å². The molecular formula is C19H22ClNO2. The van der Waals surface area contributed by atoms with E-state index in [1.54, 1.807) is 13.0 Å². The molecule has 2 rings (SSSR count). The lowest BCUT2D eigenvalue weighted by Crippen LogP contribution is -2.12. The molecule has 0 radical (unpaired) electrons. The van der Waals surface area contributed by atoms with Crippen LogP contribution in [0.2, 0.25) is 5.02 Å². The zero-order valence-electron chi connectivity index (χ0n) is 13.8. The molecule has 23 heavy (non-hydrogen) atoms. The maximum absolute atomic E-state index is 11.7. The topological polar surface area (TPSA) is 38.3 Å². The second-order valence-electron chi connectivity index (χ2n) is 5.42. The van der Waals surface area contributed by atoms with E-state index in [2.05, 4.69) is 24.4 Å². The van der Waals surface area contributed by atoms with Crippen LogP contribution in [0.4, 0.5) is 5.69 Å². The largest absolute Gasteiger partial charge is 0.489 e. The van der Waals surface area contributed by atoms with E-state index in [-0.39, 0.29) is 5.91 Å². The number of amides is 1. The second kappa shape index (κ2) is 8.02. The predicted molar refractivity (Wildman–Crippen MR) is 95.3 cm³/mol. The Labute approximate surface area is 142 Å². The lowest BCUT2D eigenvalue weighted by molar-refractivity contribution is -0.115. The van der Waals surface area contributed by atoms with Gasteiger partial charge in [-0.05, 0) is 36.6 Å². The van der Waals surface area contributed by atoms with E-state index < -0.39 is 0 Å². The normalized spacial score (nSPS) is 10.4. The molecule has 0 spiro atoms. The van der Waals surface area contributed by atoms with Crippen molar-refractivity contribution in [3.63, 3.8) is 0 Å². The number of carbonyl (C=O) groups excluding carboxylic acids is 1. The van der Waals surface area contributed by atoms with Crippen LogP contribution >= 0.6 is 11.6 Å². The summed E-state index contributed by atoms with van der Waals surface area (Å²) in [7, 11) is 0. The van der Waals surface area contributed by atoms with Gasteiger partial charge >= 0.3 is 0 Å². The fourth-order valence-corrected chi connectivity index (χ4v) is 2.55. The number of hydrogen-bond acceptors (Lipinski definition) is 2. The molecule has 0 aliphatic heterocycles. The quantitative estimate of drug-likeness (QED) is 0.796. The van der Waals surface area contributed by atoms with Crippen molar-refractivity contribution in [1.82, 2.24) is 0 Å². The van der Waals surface area contributed by atoms with Crippen molar-refractivity contribution in [3.8, 4) is 5.75 Å². The highest BCUT2D eigenvalue weighted by Crippen LogP contribution is 2.28. The second-order valence-corrected chi connectivity index (χ2v) is 5.82. The summed E-state index contributed by atoms with van der Waals surface area (Å²) in [6, 6.07) is 11.7. The van der Waals surface area contributed by atoms with Gasteiger partial charge < -0.3 is 10.1 Å². The molecule has 0 aromatic heterocycles. The Morgan fingerprint density at radius 2 is 2.00 bits per heavy atom. The van der Waals surface area contributed by atoms with E-state index in [1.165, 1.54) is 5.56 Å². The lowest BCUT2D eigenvalue weighted by atomic mass is 10.1. The van der Waals surface area contributed by atoms with Crippen LogP contribution in [0.1, 0.15) is 37.0 Å². The van der Waals surface area contributed by atoms with Gasteiger partial charge in [0.1, 0.15) is 12.4 Å². The van der Waals surface area contributed by atoms with Gasteiger partial charge in [-0.2, -0.15) is 0 Å². The van der Waals surface area contributed by atoms with Crippen LogP contribution in [-0.4, -0.2) is 5.91 Å². The Morgan fingerprint density at radius 3 is 2.65 bits per heavy atom. The summed E-state index contributed by atoms with van der Waals surface area (Å²) < 4.78 is 5.92. The Hall–Kier alpha value is -2.00. The van der Waals surface area contributed by atoms with E-state index in [0.29, 0.717) is 23.7 Å². The van der Waals surface area contributed by atoms with E-state index >= 15 is 0 Å². The molecule has 0 aliphatic rings. The molecule has 0 atom stereocenters. The molecule has 0 unspecified atom stereocenters. The number of carbonyl (C=O) groups is 1. The molecule has 0 saturated heterocycles. The molecular weight excluding hydrogens is 310 g/mol. The van der Waals surface area contributed by atoms with Crippen LogP contribution in [0.15, 0.2) is 36.4 Å². The Kier molecular flexibility index (Phi) is 6.05. The summed E-state index contributed by atoms with van der Waals surface area (Å²) in [5, 5.41) is 3.37. The predicted octanol–water partition coefficient (Wildman–Crippen LogP) is 5.14. The van der Waals surface area contributed by atoms with Gasteiger partial charge in [-0.1, -0.05) is 49.7 Å². The molecule has 0 heterocycles. The molecule has 122 valence electrons. The third-order valence-corrected chi connectivity index (χ3v) is 4.03. The van der Waals surface area contributed by atoms with Crippen LogP contribution in [-0.2, 0) is 17.8 Å². The monoisotopic (exact) mass is 331 g/mol. The Morgan fingerprint density at radius 1 is 1.22 bits per heavy atom. The van der Waals surface area contributed by atoms with E-state index in [4.69, 9.17) is 16.3 Å². The van der Waals surface area contributed by atoms with Gasteiger partial charge in [-0.3, -0.25) is 4.79 Å². The maximum Gasteiger partial charge on any atom is 0.224 e. The van der Waals surface area contributed by atoms with Gasteiger partial charge in [0.15, 0.2) is 0 Å². The van der Waals surface area contributed by atoms with E-state index in [1.807, 2.05) is 25.1 Å². The number of ether oxygens (including phenoxy) is 1. The van der Waals surface area contributed by atoms with Crippen LogP contribution in [0.25, 0.3) is 0 Å². The summed E-state index contributed by atoms with van der Waals surface area (Å²) in [6.07, 6.45) is 1.41. The van der Waals surface area contributed by atoms with Crippen molar-refractivity contribution in [2.75, 3.05) is 5.32 Å². The average molecular weight is 332 g/mol. The molecule has 0 fully saturated rings. The van der Waals surface area contributed by atoms with Crippen molar-refractivity contribution in [3.05, 3.63) is 58.1 Å². The van der Waals surface area contributed by atoms with Crippen molar-refractivity contribution < 1.29 is 9.53 Å². The molecule has 2 aromatic carbocycles. The molecule has 2 aromatic rings. The molecule has 1 amide bonds. The zero-order valence-corrected chi connectivity index (χ0v) is 14.5. The summed E-state index contributed by atoms with van der Waals surface area (Å²) in [6.45, 7) is 6.32. The van der Waals surface area contributed by atoms with Crippen molar-refractivity contribution in [2.24, 2.45) is 0 Å². The number of nitrogens with one attached hydrogen (secondary N) is 1. The Balaban J connectivity index is 2.17. The third-order valence-electron chi connectivity index (χ3n) is 3.72. The van der Waals surface area contributed by atoms with E-state index in [0.717, 1.165) is 23.3 Å². The first-order chi connectivity index (χ1) is 11.0. The summed E-state index contributed by atoms with van der Waals surface area (Å²) in [5.74, 6) is 0.776. The molecule has 0 aliphatic carbocycles. The molecule has 4 heteroatoms. The molecule has 0 saturated carbocycles. The fraction of sp³-hybridized carbons (Fsp3) is 0.316. The standard InChI is InChI=1S/C19H22ClNO2/c1-4-14-9-10-17(13(3)11-14)23-12-15-7-6-8-16(20)19(15)21-18(22)5-2/h6-11H,4-5,12H2,1-3H3,(H,21,22). The van der Waals surface area contributed by atoms with Gasteiger partial charge in [-0.25, -0.2) is 0 Å². The van der Waals surface area contributed by atoms with Crippen molar-refractivity contribution in [2.45, 2.75) is 40.2 Å². The minimum atomic E-state index is -0.0668. The van der Waals surface area contributed by atoms with Crippen LogP contribution < -0.4 is 10.1 Å². The highest BCUT2D eigenvalue weighted by atomic mass is 35.5. The number of benzene rings is 2. The molecule has 3 nitrogen and oxygen atoms in total.